The van der Waals surface area contributed by atoms with Crippen molar-refractivity contribution in [2.45, 2.75) is 38.1 Å². The fourth-order valence-electron chi connectivity index (χ4n) is 1.57. The Morgan fingerprint density at radius 1 is 1.32 bits per heavy atom. The molecule has 1 rings (SSSR count). The molecule has 0 saturated carbocycles. The van der Waals surface area contributed by atoms with Crippen LogP contribution in [-0.2, 0) is 14.3 Å². The third kappa shape index (κ3) is 3.59. The molecule has 0 N–H and O–H groups in total. The van der Waals surface area contributed by atoms with Gasteiger partial charge in [-0.15, -0.1) is 0 Å². The molecule has 0 spiro atoms. The molecule has 8 heteroatoms. The summed E-state index contributed by atoms with van der Waals surface area (Å²) in [6, 6.07) is 0. The molecule has 1 fully saturated rings. The van der Waals surface area contributed by atoms with E-state index in [-0.39, 0.29) is 6.29 Å². The molecular formula is C11H16F3NO4. The Balaban J connectivity index is 2.64. The van der Waals surface area contributed by atoms with Crippen molar-refractivity contribution in [1.29, 1.82) is 0 Å². The van der Waals surface area contributed by atoms with E-state index in [9.17, 15) is 22.8 Å². The first kappa shape index (κ1) is 15.7. The van der Waals surface area contributed by atoms with E-state index in [1.54, 1.807) is 20.8 Å². The van der Waals surface area contributed by atoms with Crippen molar-refractivity contribution in [1.82, 2.24) is 4.90 Å². The lowest BCUT2D eigenvalue weighted by Gasteiger charge is -2.49. The zero-order valence-electron chi connectivity index (χ0n) is 10.9. The van der Waals surface area contributed by atoms with Gasteiger partial charge in [-0.25, -0.2) is 4.79 Å². The average Bonchev–Trinajstić information content (AvgIpc) is 2.10. The minimum atomic E-state index is -4.64. The minimum Gasteiger partial charge on any atom is -0.444 e. The first-order valence-electron chi connectivity index (χ1n) is 5.63. The van der Waals surface area contributed by atoms with Gasteiger partial charge in [0.25, 0.3) is 0 Å². The van der Waals surface area contributed by atoms with Crippen LogP contribution in [-0.4, -0.2) is 54.4 Å². The second-order valence-corrected chi connectivity index (χ2v) is 5.31. The summed E-state index contributed by atoms with van der Waals surface area (Å²) in [4.78, 5) is 22.6. The van der Waals surface area contributed by atoms with Gasteiger partial charge < -0.3 is 19.2 Å². The van der Waals surface area contributed by atoms with Crippen molar-refractivity contribution in [3.8, 4) is 0 Å². The first-order valence-corrected chi connectivity index (χ1v) is 5.63. The number of amides is 1. The van der Waals surface area contributed by atoms with Crippen molar-refractivity contribution in [2.75, 3.05) is 19.7 Å². The number of ether oxygens (including phenoxy) is 2. The Morgan fingerprint density at radius 2 is 1.84 bits per heavy atom. The van der Waals surface area contributed by atoms with Crippen LogP contribution >= 0.6 is 0 Å². The SMILES string of the molecule is CC(C)(C)OC(=O)N1CC(OCC=O)(C(F)(F)F)C1. The molecule has 0 aliphatic carbocycles. The van der Waals surface area contributed by atoms with E-state index in [2.05, 4.69) is 4.74 Å². The zero-order chi connectivity index (χ0) is 14.9. The van der Waals surface area contributed by atoms with Gasteiger partial charge in [0.05, 0.1) is 13.1 Å². The molecule has 0 radical (unpaired) electrons. The van der Waals surface area contributed by atoms with Gasteiger partial charge in [0.15, 0.2) is 5.60 Å². The van der Waals surface area contributed by atoms with Crippen LogP contribution in [0.1, 0.15) is 20.8 Å². The van der Waals surface area contributed by atoms with Gasteiger partial charge in [0, 0.05) is 0 Å². The number of aldehydes is 1. The van der Waals surface area contributed by atoms with Crippen LogP contribution in [0.25, 0.3) is 0 Å². The predicted molar refractivity (Wildman–Crippen MR) is 58.6 cm³/mol. The number of rotatable bonds is 3. The number of halogens is 3. The van der Waals surface area contributed by atoms with Gasteiger partial charge >= 0.3 is 12.3 Å². The van der Waals surface area contributed by atoms with Crippen LogP contribution in [0.3, 0.4) is 0 Å². The molecule has 5 nitrogen and oxygen atoms in total. The largest absolute Gasteiger partial charge is 0.444 e. The number of alkyl halides is 3. The van der Waals surface area contributed by atoms with Crippen LogP contribution in [0.5, 0.6) is 0 Å². The molecule has 110 valence electrons. The molecule has 19 heavy (non-hydrogen) atoms. The first-order chi connectivity index (χ1) is 8.51. The Morgan fingerprint density at radius 3 is 2.21 bits per heavy atom. The summed E-state index contributed by atoms with van der Waals surface area (Å²) in [7, 11) is 0. The summed E-state index contributed by atoms with van der Waals surface area (Å²) in [5, 5.41) is 0. The molecule has 1 amide bonds. The lowest BCUT2D eigenvalue weighted by molar-refractivity contribution is -0.310. The highest BCUT2D eigenvalue weighted by atomic mass is 19.4. The normalized spacial score (nSPS) is 18.7. The van der Waals surface area contributed by atoms with Gasteiger partial charge in [-0.2, -0.15) is 13.2 Å². The fraction of sp³-hybridized carbons (Fsp3) is 0.818. The zero-order valence-corrected chi connectivity index (χ0v) is 10.9. The van der Waals surface area contributed by atoms with E-state index < -0.39 is 43.2 Å². The van der Waals surface area contributed by atoms with Gasteiger partial charge in [0.1, 0.15) is 18.5 Å². The van der Waals surface area contributed by atoms with Crippen molar-refractivity contribution < 1.29 is 32.2 Å². The van der Waals surface area contributed by atoms with Crippen LogP contribution < -0.4 is 0 Å². The second-order valence-electron chi connectivity index (χ2n) is 5.31. The topological polar surface area (TPSA) is 55.8 Å². The van der Waals surface area contributed by atoms with Crippen molar-refractivity contribution in [2.24, 2.45) is 0 Å². The van der Waals surface area contributed by atoms with Gasteiger partial charge in [-0.3, -0.25) is 0 Å². The molecule has 0 aromatic heterocycles. The highest BCUT2D eigenvalue weighted by Gasteiger charge is 2.64. The van der Waals surface area contributed by atoms with Gasteiger partial charge in [-0.1, -0.05) is 0 Å². The quantitative estimate of drug-likeness (QED) is 0.740. The number of nitrogens with zero attached hydrogens (tertiary/aromatic N) is 1. The molecule has 0 bridgehead atoms. The maximum Gasteiger partial charge on any atom is 0.420 e. The molecular weight excluding hydrogens is 267 g/mol. The number of carbonyl (C=O) groups is 2. The Labute approximate surface area is 108 Å². The van der Waals surface area contributed by atoms with Crippen molar-refractivity contribution in [3.05, 3.63) is 0 Å². The maximum absolute atomic E-state index is 12.8. The number of likely N-dealkylation sites (tertiary alicyclic amines) is 1. The summed E-state index contributed by atoms with van der Waals surface area (Å²) >= 11 is 0. The predicted octanol–water partition coefficient (Wildman–Crippen LogP) is 1.75. The van der Waals surface area contributed by atoms with Crippen LogP contribution in [0, 0.1) is 0 Å². The van der Waals surface area contributed by atoms with Crippen molar-refractivity contribution >= 4 is 12.4 Å². The van der Waals surface area contributed by atoms with E-state index in [1.807, 2.05) is 0 Å². The maximum atomic E-state index is 12.8. The third-order valence-electron chi connectivity index (χ3n) is 2.49. The molecule has 1 heterocycles. The molecule has 0 unspecified atom stereocenters. The van der Waals surface area contributed by atoms with E-state index in [0.717, 1.165) is 4.90 Å². The number of carbonyl (C=O) groups excluding carboxylic acids is 2. The van der Waals surface area contributed by atoms with E-state index in [4.69, 9.17) is 4.74 Å². The molecule has 1 aliphatic heterocycles. The van der Waals surface area contributed by atoms with Crippen LogP contribution in [0.15, 0.2) is 0 Å². The smallest absolute Gasteiger partial charge is 0.420 e. The molecule has 1 aliphatic rings. The van der Waals surface area contributed by atoms with Crippen LogP contribution in [0.2, 0.25) is 0 Å². The molecule has 1 saturated heterocycles. The lowest BCUT2D eigenvalue weighted by Crippen LogP contribution is -2.71. The number of hydrogen-bond donors (Lipinski definition) is 0. The van der Waals surface area contributed by atoms with E-state index >= 15 is 0 Å². The van der Waals surface area contributed by atoms with E-state index in [1.165, 1.54) is 0 Å². The Bertz CT molecular complexity index is 356. The Hall–Kier alpha value is -1.31. The molecule has 0 aromatic rings. The van der Waals surface area contributed by atoms with E-state index in [0.29, 0.717) is 0 Å². The minimum absolute atomic E-state index is 0.240. The molecule has 0 atom stereocenters. The summed E-state index contributed by atoms with van der Waals surface area (Å²) in [6.45, 7) is 2.85. The second kappa shape index (κ2) is 4.99. The van der Waals surface area contributed by atoms with Crippen molar-refractivity contribution in [3.63, 3.8) is 0 Å². The summed E-state index contributed by atoms with van der Waals surface area (Å²) < 4.78 is 48.0. The van der Waals surface area contributed by atoms with Crippen LogP contribution in [0.4, 0.5) is 18.0 Å². The standard InChI is InChI=1S/C11H16F3NO4/c1-9(2,3)19-8(17)15-6-10(7-15,11(12,13)14)18-5-4-16/h4H,5-7H2,1-3H3. The lowest BCUT2D eigenvalue weighted by atomic mass is 9.93. The highest BCUT2D eigenvalue weighted by molar-refractivity contribution is 5.69. The third-order valence-corrected chi connectivity index (χ3v) is 2.49. The fourth-order valence-corrected chi connectivity index (χ4v) is 1.57. The van der Waals surface area contributed by atoms with Gasteiger partial charge in [-0.05, 0) is 20.8 Å². The number of hydrogen-bond acceptors (Lipinski definition) is 4. The summed E-state index contributed by atoms with van der Waals surface area (Å²) in [6.07, 6.45) is -5.24. The monoisotopic (exact) mass is 283 g/mol. The summed E-state index contributed by atoms with van der Waals surface area (Å²) in [5.41, 5.74) is -3.25. The Kier molecular flexibility index (Phi) is 4.14. The molecule has 0 aromatic carbocycles. The highest BCUT2D eigenvalue weighted by Crippen LogP contribution is 2.41. The van der Waals surface area contributed by atoms with Gasteiger partial charge in [0.2, 0.25) is 0 Å². The summed E-state index contributed by atoms with van der Waals surface area (Å²) in [5.74, 6) is 0. The average molecular weight is 283 g/mol.